The number of amides is 1. The van der Waals surface area contributed by atoms with Gasteiger partial charge in [-0.15, -0.1) is 0 Å². The van der Waals surface area contributed by atoms with Gasteiger partial charge in [0.1, 0.15) is 5.60 Å². The first-order chi connectivity index (χ1) is 13.8. The van der Waals surface area contributed by atoms with Crippen LogP contribution in [0.1, 0.15) is 31.9 Å². The molecule has 1 saturated heterocycles. The lowest BCUT2D eigenvalue weighted by Gasteiger charge is -2.34. The van der Waals surface area contributed by atoms with Crippen LogP contribution >= 0.6 is 0 Å². The van der Waals surface area contributed by atoms with Crippen LogP contribution in [0.3, 0.4) is 0 Å². The van der Waals surface area contributed by atoms with E-state index < -0.39 is 5.60 Å². The van der Waals surface area contributed by atoms with Gasteiger partial charge in [0.25, 0.3) is 0 Å². The first-order valence-electron chi connectivity index (χ1n) is 10.1. The Morgan fingerprint density at radius 2 is 1.66 bits per heavy atom. The van der Waals surface area contributed by atoms with Gasteiger partial charge in [0.15, 0.2) is 0 Å². The molecule has 1 fully saturated rings. The molecule has 3 rings (SSSR count). The van der Waals surface area contributed by atoms with Crippen molar-refractivity contribution in [2.75, 3.05) is 38.1 Å². The SMILES string of the molecule is CN(Cc1cnc(N2CCN(Cc3ccccc3)CC2)nc1)C(=O)OC(C)(C)C. The molecule has 1 aromatic carbocycles. The molecular formula is C22H31N5O2. The molecule has 2 aromatic rings. The summed E-state index contributed by atoms with van der Waals surface area (Å²) in [4.78, 5) is 27.3. The average molecular weight is 398 g/mol. The largest absolute Gasteiger partial charge is 0.444 e. The van der Waals surface area contributed by atoms with Crippen molar-refractivity contribution < 1.29 is 9.53 Å². The second-order valence-electron chi connectivity index (χ2n) is 8.48. The van der Waals surface area contributed by atoms with Crippen LogP contribution in [-0.2, 0) is 17.8 Å². The first kappa shape index (κ1) is 21.0. The van der Waals surface area contributed by atoms with E-state index in [4.69, 9.17) is 4.74 Å². The highest BCUT2D eigenvalue weighted by Crippen LogP contribution is 2.15. The minimum atomic E-state index is -0.506. The Bertz CT molecular complexity index is 781. The topological polar surface area (TPSA) is 61.8 Å². The van der Waals surface area contributed by atoms with E-state index in [0.717, 1.165) is 44.2 Å². The average Bonchev–Trinajstić information content (AvgIpc) is 2.69. The van der Waals surface area contributed by atoms with E-state index in [0.29, 0.717) is 6.54 Å². The predicted molar refractivity (Wildman–Crippen MR) is 114 cm³/mol. The van der Waals surface area contributed by atoms with E-state index in [2.05, 4.69) is 44.0 Å². The number of benzene rings is 1. The van der Waals surface area contributed by atoms with Crippen LogP contribution in [0, 0.1) is 0 Å². The highest BCUT2D eigenvalue weighted by molar-refractivity contribution is 5.67. The summed E-state index contributed by atoms with van der Waals surface area (Å²) in [5.41, 5.74) is 1.72. The van der Waals surface area contributed by atoms with E-state index in [-0.39, 0.29) is 6.09 Å². The maximum Gasteiger partial charge on any atom is 0.410 e. The monoisotopic (exact) mass is 397 g/mol. The second kappa shape index (κ2) is 9.22. The van der Waals surface area contributed by atoms with Crippen LogP contribution in [-0.4, -0.2) is 64.7 Å². The van der Waals surface area contributed by atoms with Gasteiger partial charge >= 0.3 is 6.09 Å². The molecule has 156 valence electrons. The Labute approximate surface area is 173 Å². The van der Waals surface area contributed by atoms with Gasteiger partial charge in [0.2, 0.25) is 5.95 Å². The maximum atomic E-state index is 12.1. The van der Waals surface area contributed by atoms with Crippen molar-refractivity contribution in [1.29, 1.82) is 0 Å². The van der Waals surface area contributed by atoms with Crippen molar-refractivity contribution in [3.63, 3.8) is 0 Å². The molecule has 0 saturated carbocycles. The maximum absolute atomic E-state index is 12.1. The third-order valence-electron chi connectivity index (χ3n) is 4.72. The number of carbonyl (C=O) groups excluding carboxylic acids is 1. The molecule has 0 radical (unpaired) electrons. The molecule has 0 atom stereocenters. The highest BCUT2D eigenvalue weighted by atomic mass is 16.6. The molecule has 0 N–H and O–H groups in total. The van der Waals surface area contributed by atoms with Crippen molar-refractivity contribution in [1.82, 2.24) is 19.8 Å². The van der Waals surface area contributed by atoms with Crippen molar-refractivity contribution in [3.05, 3.63) is 53.9 Å². The van der Waals surface area contributed by atoms with Gasteiger partial charge in [-0.25, -0.2) is 14.8 Å². The van der Waals surface area contributed by atoms with Crippen LogP contribution in [0.4, 0.5) is 10.7 Å². The summed E-state index contributed by atoms with van der Waals surface area (Å²) in [5.74, 6) is 0.744. The molecule has 1 aliphatic rings. The number of rotatable bonds is 5. The molecule has 1 aromatic heterocycles. The summed E-state index contributed by atoms with van der Waals surface area (Å²) in [6.07, 6.45) is 3.23. The number of hydrogen-bond acceptors (Lipinski definition) is 6. The quantitative estimate of drug-likeness (QED) is 0.772. The Hall–Kier alpha value is -2.67. The lowest BCUT2D eigenvalue weighted by molar-refractivity contribution is 0.0285. The summed E-state index contributed by atoms with van der Waals surface area (Å²) in [6, 6.07) is 10.6. The zero-order valence-corrected chi connectivity index (χ0v) is 17.8. The van der Waals surface area contributed by atoms with Gasteiger partial charge in [0.05, 0.1) is 6.54 Å². The first-order valence-corrected chi connectivity index (χ1v) is 10.1. The van der Waals surface area contributed by atoms with Gasteiger partial charge in [-0.05, 0) is 26.3 Å². The van der Waals surface area contributed by atoms with Crippen molar-refractivity contribution >= 4 is 12.0 Å². The Morgan fingerprint density at radius 1 is 1.03 bits per heavy atom. The van der Waals surface area contributed by atoms with Crippen LogP contribution < -0.4 is 4.90 Å². The van der Waals surface area contributed by atoms with E-state index in [1.807, 2.05) is 26.8 Å². The van der Waals surface area contributed by atoms with E-state index in [9.17, 15) is 4.79 Å². The highest BCUT2D eigenvalue weighted by Gasteiger charge is 2.21. The molecule has 7 heteroatoms. The van der Waals surface area contributed by atoms with Gasteiger partial charge < -0.3 is 14.5 Å². The predicted octanol–water partition coefficient (Wildman–Crippen LogP) is 3.17. The molecule has 0 bridgehead atoms. The second-order valence-corrected chi connectivity index (χ2v) is 8.48. The summed E-state index contributed by atoms with van der Waals surface area (Å²) in [5, 5.41) is 0. The van der Waals surface area contributed by atoms with Gasteiger partial charge in [-0.1, -0.05) is 30.3 Å². The lowest BCUT2D eigenvalue weighted by Crippen LogP contribution is -2.46. The van der Waals surface area contributed by atoms with E-state index in [1.165, 1.54) is 10.5 Å². The third kappa shape index (κ3) is 6.42. The van der Waals surface area contributed by atoms with Crippen LogP contribution in [0.15, 0.2) is 42.7 Å². The number of ether oxygens (including phenoxy) is 1. The summed E-state index contributed by atoms with van der Waals surface area (Å²) < 4.78 is 5.38. The number of anilines is 1. The standard InChI is InChI=1S/C22H31N5O2/c1-22(2,3)29-21(28)25(4)16-19-14-23-20(24-15-19)27-12-10-26(11-13-27)17-18-8-6-5-7-9-18/h5-9,14-15H,10-13,16-17H2,1-4H3. The number of hydrogen-bond donors (Lipinski definition) is 0. The van der Waals surface area contributed by atoms with E-state index >= 15 is 0 Å². The molecule has 29 heavy (non-hydrogen) atoms. The summed E-state index contributed by atoms with van der Waals surface area (Å²) >= 11 is 0. The normalized spacial score (nSPS) is 15.2. The lowest BCUT2D eigenvalue weighted by atomic mass is 10.2. The molecule has 0 unspecified atom stereocenters. The zero-order valence-electron chi connectivity index (χ0n) is 17.8. The summed E-state index contributed by atoms with van der Waals surface area (Å²) in [7, 11) is 1.72. The Morgan fingerprint density at radius 3 is 2.24 bits per heavy atom. The minimum Gasteiger partial charge on any atom is -0.444 e. The number of aromatic nitrogens is 2. The van der Waals surface area contributed by atoms with E-state index in [1.54, 1.807) is 19.4 Å². The smallest absolute Gasteiger partial charge is 0.410 e. The molecular weight excluding hydrogens is 366 g/mol. The van der Waals surface area contributed by atoms with Crippen molar-refractivity contribution in [2.45, 2.75) is 39.5 Å². The fourth-order valence-electron chi connectivity index (χ4n) is 3.22. The van der Waals surface area contributed by atoms with Crippen LogP contribution in [0.25, 0.3) is 0 Å². The number of carbonyl (C=O) groups is 1. The zero-order chi connectivity index (χ0) is 20.9. The molecule has 7 nitrogen and oxygen atoms in total. The van der Waals surface area contributed by atoms with Crippen LogP contribution in [0.2, 0.25) is 0 Å². The van der Waals surface area contributed by atoms with Crippen molar-refractivity contribution in [2.24, 2.45) is 0 Å². The Balaban J connectivity index is 1.49. The fourth-order valence-corrected chi connectivity index (χ4v) is 3.22. The molecule has 0 spiro atoms. The van der Waals surface area contributed by atoms with Gasteiger partial charge in [-0.3, -0.25) is 4.90 Å². The fraction of sp³-hybridized carbons (Fsp3) is 0.500. The Kier molecular flexibility index (Phi) is 6.69. The van der Waals surface area contributed by atoms with Gasteiger partial charge in [0, 0.05) is 57.7 Å². The molecule has 2 heterocycles. The molecule has 1 amide bonds. The van der Waals surface area contributed by atoms with Crippen molar-refractivity contribution in [3.8, 4) is 0 Å². The number of piperazine rings is 1. The minimum absolute atomic E-state index is 0.351. The summed E-state index contributed by atoms with van der Waals surface area (Å²) in [6.45, 7) is 10.8. The van der Waals surface area contributed by atoms with Gasteiger partial charge in [-0.2, -0.15) is 0 Å². The number of nitrogens with zero attached hydrogens (tertiary/aromatic N) is 5. The van der Waals surface area contributed by atoms with Crippen LogP contribution in [0.5, 0.6) is 0 Å². The third-order valence-corrected chi connectivity index (χ3v) is 4.72. The molecule has 0 aliphatic carbocycles. The molecule has 1 aliphatic heterocycles.